The van der Waals surface area contributed by atoms with E-state index in [2.05, 4.69) is 30.9 Å². The molecule has 17 heteroatoms. The number of halogens is 1. The molecule has 322 valence electrons. The van der Waals surface area contributed by atoms with Crippen molar-refractivity contribution in [2.24, 2.45) is 0 Å². The van der Waals surface area contributed by atoms with Gasteiger partial charge < -0.3 is 25.6 Å². The van der Waals surface area contributed by atoms with Gasteiger partial charge in [-0.3, -0.25) is 14.3 Å². The van der Waals surface area contributed by atoms with Crippen LogP contribution in [0.3, 0.4) is 0 Å². The van der Waals surface area contributed by atoms with E-state index in [9.17, 15) is 28.2 Å². The Balaban J connectivity index is 0.000000358. The molecule has 5 N–H and O–H groups in total. The minimum atomic E-state index is -3.43. The summed E-state index contributed by atoms with van der Waals surface area (Å²) in [4.78, 5) is 25.1. The number of ether oxygens (including phenoxy) is 1. The zero-order valence-corrected chi connectivity index (χ0v) is 37.2. The Kier molecular flexibility index (Phi) is 14.3. The fourth-order valence-corrected chi connectivity index (χ4v) is 8.75. The van der Waals surface area contributed by atoms with Crippen molar-refractivity contribution in [2.75, 3.05) is 21.6 Å². The molecule has 1 unspecified atom stereocenters. The smallest absolute Gasteiger partial charge is 0.265 e. The van der Waals surface area contributed by atoms with E-state index < -0.39 is 22.0 Å². The lowest BCUT2D eigenvalue weighted by Crippen LogP contribution is -2.32. The van der Waals surface area contributed by atoms with E-state index in [0.717, 1.165) is 29.2 Å². The summed E-state index contributed by atoms with van der Waals surface area (Å²) in [6.45, 7) is 10.4. The Morgan fingerprint density at radius 3 is 2.32 bits per heavy atom. The molecule has 7 aromatic rings. The minimum absolute atomic E-state index is 0.0999. The predicted molar refractivity (Wildman–Crippen MR) is 245 cm³/mol. The number of carbonyl (C=O) groups excluding carboxylic acids is 2. The molecular weight excluding hydrogens is 850 g/mol. The number of aryl methyl sites for hydroxylation is 4. The molecule has 14 nitrogen and oxygen atoms in total. The van der Waals surface area contributed by atoms with E-state index >= 15 is 0 Å². The second-order valence-corrected chi connectivity index (χ2v) is 17.7. The molecule has 0 aliphatic carbocycles. The topological polar surface area (TPSA) is 198 Å². The van der Waals surface area contributed by atoms with Crippen LogP contribution in [0.1, 0.15) is 52.9 Å². The van der Waals surface area contributed by atoms with E-state index in [0.29, 0.717) is 84.4 Å². The van der Waals surface area contributed by atoms with Gasteiger partial charge in [0.05, 0.1) is 11.9 Å². The number of benzene rings is 6. The van der Waals surface area contributed by atoms with Gasteiger partial charge in [0.15, 0.2) is 12.4 Å². The molecule has 1 aromatic heterocycles. The fraction of sp³-hybridized carbons (Fsp3) is 0.222. The molecule has 0 spiro atoms. The number of aromatic nitrogens is 4. The number of sulfonamides is 1. The average molecular weight is 896 g/mol. The lowest BCUT2D eigenvalue weighted by molar-refractivity contribution is -0.122. The highest BCUT2D eigenvalue weighted by molar-refractivity contribution is 7.99. The number of fused-ring (bicyclic) bond motifs is 2. The molecule has 0 aliphatic heterocycles. The van der Waals surface area contributed by atoms with Gasteiger partial charge in [-0.05, 0) is 109 Å². The number of hydrogen-bond donors (Lipinski definition) is 5. The number of amides is 1. The Morgan fingerprint density at radius 1 is 0.903 bits per heavy atom. The number of anilines is 3. The zero-order chi connectivity index (χ0) is 44.7. The van der Waals surface area contributed by atoms with E-state index in [1.807, 2.05) is 58.0 Å². The van der Waals surface area contributed by atoms with Crippen molar-refractivity contribution in [2.45, 2.75) is 70.3 Å². The third kappa shape index (κ3) is 10.6. The number of rotatable bonds is 14. The standard InChI is InChI=1S/C33H37N7O5S2.C12H9ClO2/c1-6-27(45-28-15-14-20(3)16-21(28)4)32(42)35-26-18-29(46-33-36-38-39-40(33)7-2)30-24(31(26)41)12-9-13-25(30)34-19-22-10-8-11-23(17-22)37-47(5,43)44;1-7-5-10(13)11-8(6-14)3-2-4-9(11)12(7)15/h8-18,27,34,37,41H,6-7,19H2,1-5H3,(H,35,42);2-6,15H,1H3. The van der Waals surface area contributed by atoms with Crippen molar-refractivity contribution in [3.05, 3.63) is 124 Å². The van der Waals surface area contributed by atoms with Crippen LogP contribution in [0, 0.1) is 20.8 Å². The zero-order valence-electron chi connectivity index (χ0n) is 34.9. The van der Waals surface area contributed by atoms with E-state index in [1.54, 1.807) is 72.3 Å². The van der Waals surface area contributed by atoms with E-state index in [4.69, 9.17) is 16.3 Å². The number of carbonyl (C=O) groups is 2. The molecule has 0 bridgehead atoms. The molecule has 1 amide bonds. The van der Waals surface area contributed by atoms with Gasteiger partial charge in [0, 0.05) is 61.5 Å². The number of aldehydes is 1. The van der Waals surface area contributed by atoms with Gasteiger partial charge in [-0.15, -0.1) is 5.10 Å². The summed E-state index contributed by atoms with van der Waals surface area (Å²) in [7, 11) is -3.43. The maximum absolute atomic E-state index is 13.5. The van der Waals surface area contributed by atoms with Gasteiger partial charge in [0.2, 0.25) is 15.2 Å². The number of phenols is 2. The van der Waals surface area contributed by atoms with Crippen molar-refractivity contribution in [3.63, 3.8) is 0 Å². The van der Waals surface area contributed by atoms with Crippen LogP contribution in [0.4, 0.5) is 17.1 Å². The predicted octanol–water partition coefficient (Wildman–Crippen LogP) is 9.42. The third-order valence-corrected chi connectivity index (χ3v) is 11.7. The highest BCUT2D eigenvalue weighted by Gasteiger charge is 2.24. The first-order chi connectivity index (χ1) is 29.6. The molecule has 1 atom stereocenters. The summed E-state index contributed by atoms with van der Waals surface area (Å²) in [6, 6.07) is 26.9. The molecule has 0 fully saturated rings. The number of nitrogens with zero attached hydrogens (tertiary/aromatic N) is 4. The Morgan fingerprint density at radius 2 is 1.63 bits per heavy atom. The normalized spacial score (nSPS) is 11.7. The van der Waals surface area contributed by atoms with Crippen LogP contribution in [-0.4, -0.2) is 63.4 Å². The monoisotopic (exact) mass is 895 g/mol. The van der Waals surface area contributed by atoms with Crippen molar-refractivity contribution in [1.29, 1.82) is 0 Å². The molecule has 0 aliphatic rings. The second kappa shape index (κ2) is 19.6. The minimum Gasteiger partial charge on any atom is -0.507 e. The molecule has 1 heterocycles. The van der Waals surface area contributed by atoms with Gasteiger partial charge in [0.1, 0.15) is 17.2 Å². The van der Waals surface area contributed by atoms with E-state index in [-0.39, 0.29) is 17.2 Å². The lowest BCUT2D eigenvalue weighted by Gasteiger charge is -2.21. The van der Waals surface area contributed by atoms with Crippen LogP contribution in [0.5, 0.6) is 17.2 Å². The van der Waals surface area contributed by atoms with Gasteiger partial charge >= 0.3 is 0 Å². The van der Waals surface area contributed by atoms with Gasteiger partial charge in [-0.1, -0.05) is 78.7 Å². The van der Waals surface area contributed by atoms with Crippen LogP contribution < -0.4 is 20.1 Å². The van der Waals surface area contributed by atoms with Crippen LogP contribution in [-0.2, 0) is 27.9 Å². The Hall–Kier alpha value is -6.36. The number of nitrogens with one attached hydrogen (secondary N) is 3. The molecule has 7 rings (SSSR count). The number of tetrazole rings is 1. The summed E-state index contributed by atoms with van der Waals surface area (Å²) in [5.41, 5.74) is 5.44. The van der Waals surface area contributed by atoms with Crippen LogP contribution in [0.25, 0.3) is 21.5 Å². The Bertz CT molecular complexity index is 2910. The average Bonchev–Trinajstić information content (AvgIpc) is 3.69. The summed E-state index contributed by atoms with van der Waals surface area (Å²) < 4.78 is 33.7. The highest BCUT2D eigenvalue weighted by atomic mass is 35.5. The highest BCUT2D eigenvalue weighted by Crippen LogP contribution is 2.45. The van der Waals surface area contributed by atoms with Crippen molar-refractivity contribution >= 4 is 84.2 Å². The summed E-state index contributed by atoms with van der Waals surface area (Å²) >= 11 is 7.35. The molecule has 62 heavy (non-hydrogen) atoms. The van der Waals surface area contributed by atoms with Crippen molar-refractivity contribution < 1.29 is 33.0 Å². The fourth-order valence-electron chi connectivity index (χ4n) is 6.77. The first-order valence-corrected chi connectivity index (χ1v) is 22.6. The van der Waals surface area contributed by atoms with Crippen molar-refractivity contribution in [1.82, 2.24) is 20.2 Å². The van der Waals surface area contributed by atoms with Gasteiger partial charge in [-0.2, -0.15) is 0 Å². The molecule has 0 saturated carbocycles. The van der Waals surface area contributed by atoms with Crippen LogP contribution in [0.15, 0.2) is 101 Å². The molecule has 0 radical (unpaired) electrons. The quantitative estimate of drug-likeness (QED) is 0.0513. The largest absolute Gasteiger partial charge is 0.507 e. The van der Waals surface area contributed by atoms with Gasteiger partial charge in [-0.25, -0.2) is 13.1 Å². The lowest BCUT2D eigenvalue weighted by atomic mass is 10.0. The van der Waals surface area contributed by atoms with Crippen LogP contribution >= 0.6 is 23.4 Å². The maximum Gasteiger partial charge on any atom is 0.265 e. The number of hydrogen-bond acceptors (Lipinski definition) is 12. The van der Waals surface area contributed by atoms with Crippen molar-refractivity contribution in [3.8, 4) is 17.2 Å². The summed E-state index contributed by atoms with van der Waals surface area (Å²) in [5, 5.41) is 43.2. The van der Waals surface area contributed by atoms with Gasteiger partial charge in [0.25, 0.3) is 5.91 Å². The second-order valence-electron chi connectivity index (χ2n) is 14.5. The first-order valence-electron chi connectivity index (χ1n) is 19.5. The maximum atomic E-state index is 13.5. The van der Waals surface area contributed by atoms with E-state index in [1.165, 1.54) is 11.8 Å². The number of aromatic hydroxyl groups is 2. The SMILES string of the molecule is CCC(Oc1ccc(C)cc1C)C(=O)Nc1cc(Sc2nnnn2CC)c2c(NCc3cccc(NS(C)(=O)=O)c3)cccc2c1O.Cc1cc(Cl)c2c(C=O)cccc2c1O. The molecule has 6 aromatic carbocycles. The Labute approximate surface area is 368 Å². The summed E-state index contributed by atoms with van der Waals surface area (Å²) in [6.07, 6.45) is 1.46. The number of phenolic OH excluding ortho intramolecular Hbond substituents is 2. The summed E-state index contributed by atoms with van der Waals surface area (Å²) in [5.74, 6) is 0.305. The molecule has 0 saturated heterocycles. The molecular formula is C45H46ClN7O7S2. The first kappa shape index (κ1) is 45.2. The third-order valence-electron chi connectivity index (χ3n) is 9.76. The van der Waals surface area contributed by atoms with Crippen LogP contribution in [0.2, 0.25) is 5.02 Å².